The van der Waals surface area contributed by atoms with Crippen LogP contribution in [0.4, 0.5) is 15.3 Å². The van der Waals surface area contributed by atoms with E-state index in [1.54, 1.807) is 70.7 Å². The number of anilines is 1. The highest BCUT2D eigenvalue weighted by atomic mass is 16.7. The summed E-state index contributed by atoms with van der Waals surface area (Å²) in [5.74, 6) is 4.89. The Balaban J connectivity index is 1.62. The van der Waals surface area contributed by atoms with Gasteiger partial charge >= 0.3 is 18.2 Å². The third kappa shape index (κ3) is 13.6. The number of rotatable bonds is 13. The molecule has 49 heavy (non-hydrogen) atoms. The number of carbonyl (C=O) groups is 4. The zero-order valence-electron chi connectivity index (χ0n) is 30.2. The van der Waals surface area contributed by atoms with Crippen LogP contribution in [0, 0.1) is 5.92 Å². The number of carbonyl (C=O) groups excluding carboxylic acids is 4. The van der Waals surface area contributed by atoms with Gasteiger partial charge in [-0.05, 0) is 93.0 Å². The molecule has 2 aromatic rings. The van der Waals surface area contributed by atoms with Crippen LogP contribution in [0.25, 0.3) is 0 Å². The predicted molar refractivity (Wildman–Crippen MR) is 180 cm³/mol. The lowest BCUT2D eigenvalue weighted by Gasteiger charge is -2.38. The van der Waals surface area contributed by atoms with Crippen molar-refractivity contribution >= 4 is 29.8 Å². The lowest BCUT2D eigenvalue weighted by Crippen LogP contribution is -2.58. The van der Waals surface area contributed by atoms with Crippen molar-refractivity contribution in [2.24, 2.45) is 11.8 Å². The van der Waals surface area contributed by atoms with Gasteiger partial charge in [-0.25, -0.2) is 20.3 Å². The average Bonchev–Trinajstić information content (AvgIpc) is 3.31. The first kappa shape index (κ1) is 39.1. The molecule has 1 aromatic heterocycles. The highest BCUT2D eigenvalue weighted by Gasteiger charge is 2.37. The van der Waals surface area contributed by atoms with E-state index in [2.05, 4.69) is 10.6 Å². The number of amides is 3. The van der Waals surface area contributed by atoms with Gasteiger partial charge in [0.1, 0.15) is 34.8 Å². The van der Waals surface area contributed by atoms with Crippen molar-refractivity contribution in [3.63, 3.8) is 0 Å². The molecular formula is C34H53N6O9+. The van der Waals surface area contributed by atoms with Crippen LogP contribution in [-0.2, 0) is 36.9 Å². The van der Waals surface area contributed by atoms with Crippen molar-refractivity contribution in [2.75, 3.05) is 31.6 Å². The number of aryl methyl sites for hydroxylation is 1. The summed E-state index contributed by atoms with van der Waals surface area (Å²) in [5, 5.41) is 5.71. The van der Waals surface area contributed by atoms with Crippen molar-refractivity contribution in [3.8, 4) is 5.75 Å². The van der Waals surface area contributed by atoms with E-state index in [4.69, 9.17) is 29.7 Å². The Morgan fingerprint density at radius 1 is 0.918 bits per heavy atom. The molecule has 272 valence electrons. The smallest absolute Gasteiger partial charge is 0.410 e. The fourth-order valence-electron chi connectivity index (χ4n) is 4.70. The molecule has 0 radical (unpaired) electrons. The van der Waals surface area contributed by atoms with E-state index in [1.807, 2.05) is 42.5 Å². The molecule has 1 aliphatic rings. The Bertz CT molecular complexity index is 1430. The van der Waals surface area contributed by atoms with Crippen LogP contribution in [0.15, 0.2) is 36.7 Å². The van der Waals surface area contributed by atoms with Gasteiger partial charge in [0.05, 0.1) is 18.7 Å². The second kappa shape index (κ2) is 16.4. The summed E-state index contributed by atoms with van der Waals surface area (Å²) in [6, 6.07) is 6.41. The third-order valence-corrected chi connectivity index (χ3v) is 6.80. The van der Waals surface area contributed by atoms with E-state index in [-0.39, 0.29) is 24.5 Å². The monoisotopic (exact) mass is 689 g/mol. The normalized spacial score (nSPS) is 14.4. The van der Waals surface area contributed by atoms with Gasteiger partial charge < -0.3 is 34.5 Å². The van der Waals surface area contributed by atoms with Gasteiger partial charge in [-0.3, -0.25) is 9.63 Å². The van der Waals surface area contributed by atoms with E-state index < -0.39 is 35.0 Å². The molecular weight excluding hydrogens is 636 g/mol. The van der Waals surface area contributed by atoms with Crippen molar-refractivity contribution in [1.82, 2.24) is 14.9 Å². The Hall–Kier alpha value is -4.37. The molecule has 1 fully saturated rings. The molecule has 15 heteroatoms. The standard InChI is InChI=1S/C34H52N6O9/c1-32(2,3)46-29(42)27(49-35)22-45-26-13-11-24(12-14-26)28(41)37-25-20-39(16-10-15-36-30(43)47-33(4,5)6)40(21-25)19-23-17-38(18-23)31(44)48-34(7,8)9/h11-14,20-21,23,27H,10,15-19,22,35H2,1-9H3,(H-,36,37,41,43)/p+1/t27-/m0/s1. The fraction of sp³-hybridized carbons (Fsp3) is 0.618. The van der Waals surface area contributed by atoms with Gasteiger partial charge in [-0.2, -0.15) is 4.68 Å². The second-order valence-electron chi connectivity index (χ2n) is 15.0. The van der Waals surface area contributed by atoms with E-state index >= 15 is 0 Å². The van der Waals surface area contributed by atoms with Crippen LogP contribution in [-0.4, -0.2) is 82.8 Å². The molecule has 1 saturated heterocycles. The Labute approximate surface area is 288 Å². The molecule has 3 amide bonds. The molecule has 3 rings (SSSR count). The molecule has 1 atom stereocenters. The van der Waals surface area contributed by atoms with E-state index in [1.165, 1.54) is 0 Å². The number of nitrogens with one attached hydrogen (secondary N) is 2. The Kier molecular flexibility index (Phi) is 13.0. The van der Waals surface area contributed by atoms with Crippen LogP contribution < -0.4 is 25.9 Å². The minimum Gasteiger partial charge on any atom is -0.490 e. The van der Waals surface area contributed by atoms with E-state index in [0.717, 1.165) is 0 Å². The van der Waals surface area contributed by atoms with Crippen LogP contribution in [0.3, 0.4) is 0 Å². The summed E-state index contributed by atoms with van der Waals surface area (Å²) in [6.45, 7) is 18.6. The molecule has 2 heterocycles. The first-order valence-electron chi connectivity index (χ1n) is 16.4. The number of benzene rings is 1. The number of ether oxygens (including phenoxy) is 4. The zero-order valence-corrected chi connectivity index (χ0v) is 30.2. The largest absolute Gasteiger partial charge is 0.490 e. The summed E-state index contributed by atoms with van der Waals surface area (Å²) in [7, 11) is 0. The number of hydrogen-bond acceptors (Lipinski definition) is 10. The number of nitrogens with zero attached hydrogens (tertiary/aromatic N) is 3. The highest BCUT2D eigenvalue weighted by Crippen LogP contribution is 2.21. The Morgan fingerprint density at radius 3 is 2.10 bits per heavy atom. The first-order chi connectivity index (χ1) is 22.7. The quantitative estimate of drug-likeness (QED) is 0.0922. The Morgan fingerprint density at radius 2 is 1.53 bits per heavy atom. The summed E-state index contributed by atoms with van der Waals surface area (Å²) < 4.78 is 25.7. The van der Waals surface area contributed by atoms with Gasteiger partial charge in [0.25, 0.3) is 5.91 Å². The van der Waals surface area contributed by atoms with Crippen LogP contribution in [0.5, 0.6) is 5.75 Å². The van der Waals surface area contributed by atoms with Gasteiger partial charge in [0, 0.05) is 25.2 Å². The van der Waals surface area contributed by atoms with Crippen molar-refractivity contribution in [1.29, 1.82) is 0 Å². The number of nitrogens with two attached hydrogens (primary N) is 1. The predicted octanol–water partition coefficient (Wildman–Crippen LogP) is 3.79. The number of esters is 1. The van der Waals surface area contributed by atoms with Crippen LogP contribution >= 0.6 is 0 Å². The van der Waals surface area contributed by atoms with Gasteiger partial charge in [0.15, 0.2) is 6.54 Å². The summed E-state index contributed by atoms with van der Waals surface area (Å²) in [5.41, 5.74) is -0.895. The van der Waals surface area contributed by atoms with E-state index in [0.29, 0.717) is 56.1 Å². The van der Waals surface area contributed by atoms with Crippen molar-refractivity contribution in [3.05, 3.63) is 42.2 Å². The third-order valence-electron chi connectivity index (χ3n) is 6.80. The SMILES string of the molecule is CC(C)(C)OC(=O)NCCCn1cc(NC(=O)c2ccc(OC[C@H](ON)C(=O)OC(C)(C)C)cc2)c[n+]1CC1CN(C(=O)OC(C)(C)C)C1. The molecule has 4 N–H and O–H groups in total. The molecule has 0 spiro atoms. The van der Waals surface area contributed by atoms with Crippen LogP contribution in [0.1, 0.15) is 79.1 Å². The fourth-order valence-corrected chi connectivity index (χ4v) is 4.70. The molecule has 0 aliphatic carbocycles. The van der Waals surface area contributed by atoms with Gasteiger partial charge in [0.2, 0.25) is 12.3 Å². The lowest BCUT2D eigenvalue weighted by atomic mass is 10.0. The number of alkyl carbamates (subject to hydrolysis) is 1. The zero-order chi connectivity index (χ0) is 36.6. The molecule has 0 saturated carbocycles. The maximum Gasteiger partial charge on any atom is 0.410 e. The maximum atomic E-state index is 13.2. The number of likely N-dealkylation sites (tertiary alicyclic amines) is 1. The van der Waals surface area contributed by atoms with Crippen molar-refractivity contribution in [2.45, 2.75) is 105 Å². The van der Waals surface area contributed by atoms with Gasteiger partial charge in [-0.15, -0.1) is 4.68 Å². The minimum atomic E-state index is -1.12. The topological polar surface area (TPSA) is 177 Å². The van der Waals surface area contributed by atoms with Gasteiger partial charge in [-0.1, -0.05) is 0 Å². The minimum absolute atomic E-state index is 0.172. The molecule has 1 aromatic carbocycles. The number of hydrogen-bond donors (Lipinski definition) is 3. The van der Waals surface area contributed by atoms with Crippen LogP contribution in [0.2, 0.25) is 0 Å². The first-order valence-corrected chi connectivity index (χ1v) is 16.4. The van der Waals surface area contributed by atoms with E-state index in [9.17, 15) is 19.2 Å². The number of aromatic nitrogens is 2. The molecule has 1 aliphatic heterocycles. The van der Waals surface area contributed by atoms with Crippen molar-refractivity contribution < 1.29 is 47.6 Å². The molecule has 15 nitrogen and oxygen atoms in total. The second-order valence-corrected chi connectivity index (χ2v) is 15.0. The summed E-state index contributed by atoms with van der Waals surface area (Å²) in [4.78, 5) is 56.3. The lowest BCUT2D eigenvalue weighted by molar-refractivity contribution is -0.781. The maximum absolute atomic E-state index is 13.2. The molecule has 0 bridgehead atoms. The summed E-state index contributed by atoms with van der Waals surface area (Å²) >= 11 is 0. The summed E-state index contributed by atoms with van der Waals surface area (Å²) in [6.07, 6.45) is 2.35. The average molecular weight is 690 g/mol. The molecule has 0 unspecified atom stereocenters. The highest BCUT2D eigenvalue weighted by molar-refractivity contribution is 6.04.